The molecule has 0 aliphatic carbocycles. The van der Waals surface area contributed by atoms with Crippen molar-refractivity contribution in [3.05, 3.63) is 65.2 Å². The Balaban J connectivity index is 1.95. The Morgan fingerprint density at radius 3 is 2.12 bits per heavy atom. The minimum absolute atomic E-state index is 0.0462. The fraction of sp³-hybridized carbons (Fsp3) is 0.188. The molecule has 0 spiro atoms. The summed E-state index contributed by atoms with van der Waals surface area (Å²) in [5.41, 5.74) is 0.585. The molecule has 0 radical (unpaired) electrons. The summed E-state index contributed by atoms with van der Waals surface area (Å²) < 4.78 is 66.5. The third kappa shape index (κ3) is 5.62. The molecule has 0 heterocycles. The molecule has 0 aliphatic heterocycles. The van der Waals surface area contributed by atoms with Crippen LogP contribution >= 0.6 is 0 Å². The van der Waals surface area contributed by atoms with E-state index in [1.807, 2.05) is 0 Å². The molecule has 0 atom stereocenters. The molecule has 128 valence electrons. The van der Waals surface area contributed by atoms with Crippen LogP contribution in [-0.2, 0) is 11.3 Å². The second kappa shape index (κ2) is 7.39. The largest absolute Gasteiger partial charge is 0.411 e. The molecule has 3 nitrogen and oxygen atoms in total. The van der Waals surface area contributed by atoms with Crippen molar-refractivity contribution in [3.63, 3.8) is 0 Å². The van der Waals surface area contributed by atoms with Gasteiger partial charge in [-0.25, -0.2) is 8.78 Å². The Hall–Kier alpha value is -2.48. The molecule has 0 saturated heterocycles. The normalized spacial score (nSPS) is 11.4. The molecule has 0 bridgehead atoms. The number of hydrogen-bond acceptors (Lipinski definition) is 2. The summed E-state index contributed by atoms with van der Waals surface area (Å²) in [6, 6.07) is 8.19. The number of benzene rings is 2. The van der Waals surface area contributed by atoms with Crippen molar-refractivity contribution in [2.24, 2.45) is 0 Å². The van der Waals surface area contributed by atoms with E-state index in [1.165, 1.54) is 24.3 Å². The van der Waals surface area contributed by atoms with E-state index in [9.17, 15) is 26.7 Å². The van der Waals surface area contributed by atoms with Gasteiger partial charge in [0.1, 0.15) is 18.2 Å². The minimum Gasteiger partial charge on any atom is -0.367 e. The maximum atomic E-state index is 13.1. The van der Waals surface area contributed by atoms with Crippen LogP contribution in [0.15, 0.2) is 42.5 Å². The molecular weight excluding hydrogens is 333 g/mol. The van der Waals surface area contributed by atoms with Crippen molar-refractivity contribution < 1.29 is 31.5 Å². The van der Waals surface area contributed by atoms with Crippen LogP contribution in [0.1, 0.15) is 15.9 Å². The summed E-state index contributed by atoms with van der Waals surface area (Å²) >= 11 is 0. The summed E-state index contributed by atoms with van der Waals surface area (Å²) in [6.07, 6.45) is -4.40. The number of alkyl halides is 3. The molecule has 0 aliphatic rings. The van der Waals surface area contributed by atoms with E-state index >= 15 is 0 Å². The third-order valence-corrected chi connectivity index (χ3v) is 2.87. The molecule has 8 heteroatoms. The standard InChI is InChI=1S/C16H12F5NO2/c17-12-5-13(18)7-14(6-12)22-15(23)11-3-1-10(2-4-11)8-24-9-16(19,20)21/h1-7H,8-9H2,(H,22,23). The zero-order chi connectivity index (χ0) is 17.7. The molecule has 1 N–H and O–H groups in total. The van der Waals surface area contributed by atoms with Gasteiger partial charge in [-0.15, -0.1) is 0 Å². The number of carbonyl (C=O) groups excluding carboxylic acids is 1. The maximum Gasteiger partial charge on any atom is 0.411 e. The summed E-state index contributed by atoms with van der Waals surface area (Å²) in [5.74, 6) is -2.27. The Labute approximate surface area is 134 Å². The van der Waals surface area contributed by atoms with Gasteiger partial charge in [-0.05, 0) is 29.8 Å². The van der Waals surface area contributed by atoms with E-state index in [1.54, 1.807) is 0 Å². The highest BCUT2D eigenvalue weighted by atomic mass is 19.4. The zero-order valence-corrected chi connectivity index (χ0v) is 12.2. The fourth-order valence-electron chi connectivity index (χ4n) is 1.87. The van der Waals surface area contributed by atoms with Gasteiger partial charge in [0.2, 0.25) is 0 Å². The van der Waals surface area contributed by atoms with Crippen LogP contribution in [0.25, 0.3) is 0 Å². The van der Waals surface area contributed by atoms with Crippen molar-refractivity contribution in [1.82, 2.24) is 0 Å². The lowest BCUT2D eigenvalue weighted by atomic mass is 10.1. The van der Waals surface area contributed by atoms with Crippen LogP contribution in [0.2, 0.25) is 0 Å². The van der Waals surface area contributed by atoms with Crippen molar-refractivity contribution in [1.29, 1.82) is 0 Å². The van der Waals surface area contributed by atoms with Gasteiger partial charge in [0.15, 0.2) is 0 Å². The van der Waals surface area contributed by atoms with Crippen molar-refractivity contribution >= 4 is 11.6 Å². The molecule has 2 aromatic rings. The molecule has 1 amide bonds. The number of amides is 1. The molecule has 0 fully saturated rings. The minimum atomic E-state index is -4.40. The van der Waals surface area contributed by atoms with Crippen LogP contribution in [-0.4, -0.2) is 18.7 Å². The number of hydrogen-bond donors (Lipinski definition) is 1. The van der Waals surface area contributed by atoms with Gasteiger partial charge < -0.3 is 10.1 Å². The van der Waals surface area contributed by atoms with Crippen molar-refractivity contribution in [2.75, 3.05) is 11.9 Å². The summed E-state index contributed by atoms with van der Waals surface area (Å²) in [5, 5.41) is 2.32. The SMILES string of the molecule is O=C(Nc1cc(F)cc(F)c1)c1ccc(COCC(F)(F)F)cc1. The van der Waals surface area contributed by atoms with Gasteiger partial charge in [0.05, 0.1) is 6.61 Å². The van der Waals surface area contributed by atoms with Crippen LogP contribution in [0.4, 0.5) is 27.6 Å². The average Bonchev–Trinajstić information content (AvgIpc) is 2.45. The smallest absolute Gasteiger partial charge is 0.367 e. The lowest BCUT2D eigenvalue weighted by Gasteiger charge is -2.09. The number of rotatable bonds is 5. The molecule has 0 unspecified atom stereocenters. The monoisotopic (exact) mass is 345 g/mol. The van der Waals surface area contributed by atoms with Gasteiger partial charge in [-0.3, -0.25) is 4.79 Å². The second-order valence-electron chi connectivity index (χ2n) is 4.92. The van der Waals surface area contributed by atoms with Gasteiger partial charge >= 0.3 is 6.18 Å². The number of halogens is 5. The molecule has 24 heavy (non-hydrogen) atoms. The average molecular weight is 345 g/mol. The highest BCUT2D eigenvalue weighted by molar-refractivity contribution is 6.04. The molecular formula is C16H12F5NO2. The van der Waals surface area contributed by atoms with Crippen LogP contribution in [0, 0.1) is 11.6 Å². The maximum absolute atomic E-state index is 13.1. The molecule has 2 rings (SSSR count). The van der Waals surface area contributed by atoms with Crippen molar-refractivity contribution in [2.45, 2.75) is 12.8 Å². The second-order valence-corrected chi connectivity index (χ2v) is 4.92. The molecule has 0 aromatic heterocycles. The van der Waals surface area contributed by atoms with Gasteiger partial charge in [-0.2, -0.15) is 13.2 Å². The van der Waals surface area contributed by atoms with Gasteiger partial charge in [0.25, 0.3) is 5.91 Å². The number of anilines is 1. The molecule has 2 aromatic carbocycles. The van der Waals surface area contributed by atoms with E-state index in [0.29, 0.717) is 11.6 Å². The van der Waals surface area contributed by atoms with Crippen LogP contribution in [0.5, 0.6) is 0 Å². The lowest BCUT2D eigenvalue weighted by Crippen LogP contribution is -2.16. The quantitative estimate of drug-likeness (QED) is 0.821. The van der Waals surface area contributed by atoms with Crippen molar-refractivity contribution in [3.8, 4) is 0 Å². The Morgan fingerprint density at radius 2 is 1.58 bits per heavy atom. The highest BCUT2D eigenvalue weighted by Crippen LogP contribution is 2.17. The predicted octanol–water partition coefficient (Wildman–Crippen LogP) is 4.30. The Bertz CT molecular complexity index is 693. The summed E-state index contributed by atoms with van der Waals surface area (Å²) in [7, 11) is 0. The Morgan fingerprint density at radius 1 is 1.00 bits per heavy atom. The first kappa shape index (κ1) is 17.9. The Kier molecular flexibility index (Phi) is 5.50. The summed E-state index contributed by atoms with van der Waals surface area (Å²) in [4.78, 5) is 12.0. The fourth-order valence-corrected chi connectivity index (χ4v) is 1.87. The third-order valence-electron chi connectivity index (χ3n) is 2.87. The number of nitrogens with one attached hydrogen (secondary N) is 1. The van der Waals surface area contributed by atoms with E-state index < -0.39 is 30.3 Å². The molecule has 0 saturated carbocycles. The zero-order valence-electron chi connectivity index (χ0n) is 12.2. The topological polar surface area (TPSA) is 38.3 Å². The number of carbonyl (C=O) groups is 1. The van der Waals surface area contributed by atoms with E-state index in [-0.39, 0.29) is 17.9 Å². The lowest BCUT2D eigenvalue weighted by molar-refractivity contribution is -0.176. The highest BCUT2D eigenvalue weighted by Gasteiger charge is 2.27. The number of ether oxygens (including phenoxy) is 1. The van der Waals surface area contributed by atoms with E-state index in [4.69, 9.17) is 0 Å². The first-order chi connectivity index (χ1) is 11.2. The van der Waals surface area contributed by atoms with E-state index in [0.717, 1.165) is 12.1 Å². The van der Waals surface area contributed by atoms with Crippen LogP contribution < -0.4 is 5.32 Å². The first-order valence-electron chi connectivity index (χ1n) is 6.74. The van der Waals surface area contributed by atoms with Gasteiger partial charge in [0, 0.05) is 17.3 Å². The predicted molar refractivity (Wildman–Crippen MR) is 76.5 cm³/mol. The van der Waals surface area contributed by atoms with Gasteiger partial charge in [-0.1, -0.05) is 12.1 Å². The first-order valence-corrected chi connectivity index (χ1v) is 6.74. The summed E-state index contributed by atoms with van der Waals surface area (Å²) in [6.45, 7) is -1.61. The van der Waals surface area contributed by atoms with E-state index in [2.05, 4.69) is 10.1 Å². The van der Waals surface area contributed by atoms with Crippen LogP contribution in [0.3, 0.4) is 0 Å².